The molecule has 0 amide bonds. The molecule has 1 fully saturated rings. The summed E-state index contributed by atoms with van der Waals surface area (Å²) in [4.78, 5) is 9.18. The van der Waals surface area contributed by atoms with Crippen LogP contribution in [0.1, 0.15) is 77.1 Å². The Morgan fingerprint density at radius 1 is 1.08 bits per heavy atom. The number of nitrogens with one attached hydrogen (secondary N) is 2. The van der Waals surface area contributed by atoms with E-state index in [2.05, 4.69) is 115 Å². The number of hydrogen-bond donors (Lipinski definition) is 2. The van der Waals surface area contributed by atoms with Gasteiger partial charge in [-0.15, -0.1) is 0 Å². The summed E-state index contributed by atoms with van der Waals surface area (Å²) in [5, 5.41) is 11.3. The molecule has 0 bridgehead atoms. The van der Waals surface area contributed by atoms with Gasteiger partial charge in [-0.2, -0.15) is 0 Å². The summed E-state index contributed by atoms with van der Waals surface area (Å²) >= 11 is 2.31. The molecule has 38 heavy (non-hydrogen) atoms. The Morgan fingerprint density at radius 3 is 2.13 bits per heavy atom. The topological polar surface area (TPSA) is 80.6 Å². The molecular formula is C29H39BIN2O4P. The molecule has 6 nitrogen and oxygen atoms in total. The summed E-state index contributed by atoms with van der Waals surface area (Å²) in [6.07, 6.45) is 6.89. The Balaban J connectivity index is 0.000000926. The van der Waals surface area contributed by atoms with E-state index < -0.39 is 18.3 Å². The van der Waals surface area contributed by atoms with Crippen molar-refractivity contribution >= 4 is 65.6 Å². The molecule has 9 heteroatoms. The van der Waals surface area contributed by atoms with E-state index in [0.717, 1.165) is 45.4 Å². The van der Waals surface area contributed by atoms with Gasteiger partial charge in [0.1, 0.15) is 0 Å². The van der Waals surface area contributed by atoms with E-state index in [1.54, 1.807) is 6.92 Å². The lowest BCUT2D eigenvalue weighted by Crippen LogP contribution is -2.41. The van der Waals surface area contributed by atoms with Crippen molar-refractivity contribution in [2.24, 2.45) is 0 Å². The zero-order valence-corrected chi connectivity index (χ0v) is 26.5. The molecule has 3 rings (SSSR count). The van der Waals surface area contributed by atoms with Crippen LogP contribution in [-0.4, -0.2) is 37.6 Å². The molecule has 1 saturated heterocycles. The Labute approximate surface area is 243 Å². The molecule has 0 spiro atoms. The minimum absolute atomic E-state index is 0.409. The first-order valence-electron chi connectivity index (χ1n) is 12.7. The minimum Gasteiger partial charge on any atom is -0.468 e. The number of ether oxygens (including phenoxy) is 1. The highest BCUT2D eigenvalue weighted by Gasteiger charge is 2.52. The van der Waals surface area contributed by atoms with Gasteiger partial charge in [-0.3, -0.25) is 4.79 Å². The molecule has 2 N–H and O–H groups in total. The van der Waals surface area contributed by atoms with Crippen molar-refractivity contribution in [3.05, 3.63) is 76.3 Å². The molecule has 1 aliphatic heterocycles. The maximum absolute atomic E-state index is 9.18. The minimum atomic E-state index is -0.428. The molecule has 204 valence electrons. The van der Waals surface area contributed by atoms with Crippen LogP contribution in [0.3, 0.4) is 0 Å². The van der Waals surface area contributed by atoms with Crippen LogP contribution in [-0.2, 0) is 18.8 Å². The van der Waals surface area contributed by atoms with Gasteiger partial charge in [0.05, 0.1) is 17.8 Å². The Hall–Kier alpha value is -2.00. The van der Waals surface area contributed by atoms with E-state index in [-0.39, 0.29) is 0 Å². The quantitative estimate of drug-likeness (QED) is 0.0896. The Morgan fingerprint density at radius 2 is 1.68 bits per heavy atom. The maximum Gasteiger partial charge on any atom is 0.491 e. The lowest BCUT2D eigenvalue weighted by atomic mass is 9.70. The molecule has 0 aromatic heterocycles. The molecule has 1 heterocycles. The first-order chi connectivity index (χ1) is 18.1. The van der Waals surface area contributed by atoms with Crippen LogP contribution < -0.4 is 5.09 Å². The van der Waals surface area contributed by atoms with Crippen LogP contribution in [0.25, 0.3) is 11.6 Å². The smallest absolute Gasteiger partial charge is 0.468 e. The van der Waals surface area contributed by atoms with Crippen molar-refractivity contribution in [1.29, 1.82) is 5.41 Å². The van der Waals surface area contributed by atoms with Crippen LogP contribution in [0.4, 0.5) is 5.69 Å². The Bertz CT molecular complexity index is 1130. The number of rotatable bonds is 10. The predicted molar refractivity (Wildman–Crippen MR) is 172 cm³/mol. The van der Waals surface area contributed by atoms with Gasteiger partial charge in [0.15, 0.2) is 0 Å². The molecule has 0 aliphatic carbocycles. The largest absolute Gasteiger partial charge is 0.491 e. The first kappa shape index (κ1) is 32.2. The summed E-state index contributed by atoms with van der Waals surface area (Å²) in [5.74, 6) is 0. The van der Waals surface area contributed by atoms with Crippen LogP contribution in [0.15, 0.2) is 54.0 Å². The second-order valence-electron chi connectivity index (χ2n) is 9.68. The number of allylic oxidation sites excluding steroid dienone is 2. The van der Waals surface area contributed by atoms with Crippen molar-refractivity contribution in [3.8, 4) is 0 Å². The van der Waals surface area contributed by atoms with Crippen molar-refractivity contribution in [2.75, 3.05) is 11.7 Å². The standard InChI is InChI=1S/C26H33BIN2O2P.C3H6O2/c1-7-9-18-10-12-19(13-11-18)24(20-14-15-23(30-33-28)21(16-20)17-29)22(8-2)27-31-25(3,4)26(5,6)32-27;1-2-5-3-4/h7,9-17,29-30,33H,8H2,1-6H3;3H,2H2,1H3/b9-7+,24-22+,29-17?;. The summed E-state index contributed by atoms with van der Waals surface area (Å²) in [7, 11) is -0.428. The third-order valence-corrected chi connectivity index (χ3v) is 7.88. The van der Waals surface area contributed by atoms with Crippen molar-refractivity contribution < 1.29 is 18.8 Å². The van der Waals surface area contributed by atoms with Gasteiger partial charge in [0.25, 0.3) is 6.47 Å². The van der Waals surface area contributed by atoms with Gasteiger partial charge in [-0.1, -0.05) is 49.4 Å². The van der Waals surface area contributed by atoms with E-state index in [4.69, 9.17) is 14.7 Å². The van der Waals surface area contributed by atoms with Gasteiger partial charge < -0.3 is 24.5 Å². The average molecular weight is 648 g/mol. The summed E-state index contributed by atoms with van der Waals surface area (Å²) in [6, 6.07) is 14.9. The van der Waals surface area contributed by atoms with E-state index in [1.807, 2.05) is 13.0 Å². The SMILES string of the molecule is C/C=C/c1ccc(/C(=C(/CC)B2OC(C)(C)C(C)(C)O2)c2ccc(NPI)c(C=N)c2)cc1.CCOC=O. The van der Waals surface area contributed by atoms with Crippen molar-refractivity contribution in [3.63, 3.8) is 0 Å². The molecule has 1 atom stereocenters. The molecular weight excluding hydrogens is 609 g/mol. The highest BCUT2D eigenvalue weighted by Crippen LogP contribution is 2.42. The monoisotopic (exact) mass is 648 g/mol. The van der Waals surface area contributed by atoms with Gasteiger partial charge in [0.2, 0.25) is 0 Å². The first-order valence-corrected chi connectivity index (χ1v) is 16.8. The second-order valence-corrected chi connectivity index (χ2v) is 11.7. The summed E-state index contributed by atoms with van der Waals surface area (Å²) in [5.41, 5.74) is 6.57. The van der Waals surface area contributed by atoms with Crippen LogP contribution >= 0.6 is 28.4 Å². The number of carbonyl (C=O) groups is 1. The van der Waals surface area contributed by atoms with Gasteiger partial charge in [-0.05, 0) is 110 Å². The van der Waals surface area contributed by atoms with Gasteiger partial charge in [0, 0.05) is 23.8 Å². The van der Waals surface area contributed by atoms with Crippen LogP contribution in [0.2, 0.25) is 0 Å². The van der Waals surface area contributed by atoms with E-state index >= 15 is 0 Å². The predicted octanol–water partition coefficient (Wildman–Crippen LogP) is 8.10. The summed E-state index contributed by atoms with van der Waals surface area (Å²) < 4.78 is 17.1. The lowest BCUT2D eigenvalue weighted by molar-refractivity contribution is -0.128. The summed E-state index contributed by atoms with van der Waals surface area (Å²) in [6.45, 7) is 15.2. The molecule has 1 aliphatic rings. The van der Waals surface area contributed by atoms with E-state index in [9.17, 15) is 4.79 Å². The van der Waals surface area contributed by atoms with Crippen molar-refractivity contribution in [1.82, 2.24) is 0 Å². The fourth-order valence-corrected chi connectivity index (χ4v) is 5.21. The lowest BCUT2D eigenvalue weighted by Gasteiger charge is -2.32. The molecule has 0 saturated carbocycles. The third-order valence-electron chi connectivity index (χ3n) is 6.71. The fourth-order valence-electron chi connectivity index (χ4n) is 4.01. The van der Waals surface area contributed by atoms with E-state index in [0.29, 0.717) is 19.5 Å². The molecule has 1 unspecified atom stereocenters. The van der Waals surface area contributed by atoms with Gasteiger partial charge >= 0.3 is 7.12 Å². The number of anilines is 1. The average Bonchev–Trinajstić information content (AvgIpc) is 3.11. The highest BCUT2D eigenvalue weighted by atomic mass is 127. The third kappa shape index (κ3) is 8.01. The molecule has 2 aromatic carbocycles. The molecule has 0 radical (unpaired) electrons. The number of halogens is 1. The Kier molecular flexibility index (Phi) is 12.7. The van der Waals surface area contributed by atoms with Crippen LogP contribution in [0, 0.1) is 5.41 Å². The zero-order chi connectivity index (χ0) is 28.3. The number of benzene rings is 2. The molecule has 2 aromatic rings. The number of carbonyl (C=O) groups excluding carboxylic acids is 1. The second kappa shape index (κ2) is 15.0. The maximum atomic E-state index is 9.18. The zero-order valence-electron chi connectivity index (χ0n) is 23.4. The number of hydrogen-bond acceptors (Lipinski definition) is 6. The van der Waals surface area contributed by atoms with Gasteiger partial charge in [-0.25, -0.2) is 0 Å². The highest BCUT2D eigenvalue weighted by molar-refractivity contribution is 14.2. The van der Waals surface area contributed by atoms with E-state index in [1.165, 1.54) is 6.21 Å². The van der Waals surface area contributed by atoms with Crippen molar-refractivity contribution in [2.45, 2.75) is 66.1 Å². The fraction of sp³-hybridized carbons (Fsp3) is 0.379. The van der Waals surface area contributed by atoms with Crippen LogP contribution in [0.5, 0.6) is 0 Å². The normalized spacial score (nSPS) is 16.7.